The predicted molar refractivity (Wildman–Crippen MR) is 66.0 cm³/mol. The van der Waals surface area contributed by atoms with Crippen LogP contribution in [0.15, 0.2) is 18.2 Å². The van der Waals surface area contributed by atoms with Gasteiger partial charge in [0.2, 0.25) is 0 Å². The van der Waals surface area contributed by atoms with Crippen molar-refractivity contribution in [2.24, 2.45) is 5.92 Å². The number of hydrogen-bond acceptors (Lipinski definition) is 2. The first kappa shape index (κ1) is 13.4. The third-order valence-electron chi connectivity index (χ3n) is 2.97. The van der Waals surface area contributed by atoms with E-state index in [0.29, 0.717) is 6.42 Å². The van der Waals surface area contributed by atoms with Gasteiger partial charge in [-0.3, -0.25) is 9.59 Å². The molecule has 0 radical (unpaired) electrons. The summed E-state index contributed by atoms with van der Waals surface area (Å²) in [6, 6.07) is 6.04. The lowest BCUT2D eigenvalue weighted by molar-refractivity contribution is -0.140. The van der Waals surface area contributed by atoms with Crippen LogP contribution in [0.3, 0.4) is 0 Å². The lowest BCUT2D eigenvalue weighted by Crippen LogP contribution is -2.18. The number of carbonyl (C=O) groups is 2. The van der Waals surface area contributed by atoms with E-state index >= 15 is 0 Å². The van der Waals surface area contributed by atoms with E-state index in [1.165, 1.54) is 6.92 Å². The van der Waals surface area contributed by atoms with Gasteiger partial charge in [-0.25, -0.2) is 0 Å². The van der Waals surface area contributed by atoms with E-state index in [0.717, 1.165) is 16.7 Å². The fourth-order valence-electron chi connectivity index (χ4n) is 1.86. The minimum Gasteiger partial charge on any atom is -0.481 e. The van der Waals surface area contributed by atoms with E-state index in [9.17, 15) is 9.59 Å². The van der Waals surface area contributed by atoms with E-state index in [4.69, 9.17) is 5.11 Å². The molecule has 0 saturated carbocycles. The number of carboxylic acid groups (broad SMARTS) is 1. The number of carboxylic acids is 1. The van der Waals surface area contributed by atoms with Gasteiger partial charge >= 0.3 is 5.97 Å². The minimum absolute atomic E-state index is 0.0618. The monoisotopic (exact) mass is 234 g/mol. The number of ketones is 1. The number of rotatable bonds is 5. The molecule has 1 rings (SSSR count). The van der Waals surface area contributed by atoms with Crippen molar-refractivity contribution in [1.29, 1.82) is 0 Å². The van der Waals surface area contributed by atoms with Gasteiger partial charge in [0.1, 0.15) is 5.78 Å². The van der Waals surface area contributed by atoms with Crippen molar-refractivity contribution < 1.29 is 14.7 Å². The van der Waals surface area contributed by atoms with Crippen LogP contribution in [0.2, 0.25) is 0 Å². The molecule has 0 spiro atoms. The summed E-state index contributed by atoms with van der Waals surface area (Å²) in [6.07, 6.45) is 0.415. The second-order valence-electron chi connectivity index (χ2n) is 4.54. The van der Waals surface area contributed by atoms with Crippen molar-refractivity contribution in [1.82, 2.24) is 0 Å². The molecule has 1 N–H and O–H groups in total. The number of Topliss-reactive ketones (excluding diaryl/α,β-unsaturated/α-hetero) is 1. The molecule has 0 aliphatic rings. The number of aliphatic carboxylic acids is 1. The molecular weight excluding hydrogens is 216 g/mol. The molecule has 1 aromatic carbocycles. The first-order valence-electron chi connectivity index (χ1n) is 5.68. The Morgan fingerprint density at radius 2 is 1.94 bits per heavy atom. The highest BCUT2D eigenvalue weighted by Gasteiger charge is 2.19. The van der Waals surface area contributed by atoms with Crippen LogP contribution in [0, 0.1) is 19.8 Å². The van der Waals surface area contributed by atoms with Crippen LogP contribution in [0.5, 0.6) is 0 Å². The Morgan fingerprint density at radius 1 is 1.29 bits per heavy atom. The quantitative estimate of drug-likeness (QED) is 0.851. The first-order valence-corrected chi connectivity index (χ1v) is 5.68. The second-order valence-corrected chi connectivity index (χ2v) is 4.54. The molecular formula is C14H18O3. The number of carbonyl (C=O) groups excluding carboxylic acids is 1. The average molecular weight is 234 g/mol. The molecule has 1 unspecified atom stereocenters. The Labute approximate surface area is 101 Å². The van der Waals surface area contributed by atoms with Crippen molar-refractivity contribution in [3.63, 3.8) is 0 Å². The van der Waals surface area contributed by atoms with Crippen LogP contribution in [-0.2, 0) is 16.0 Å². The fourth-order valence-corrected chi connectivity index (χ4v) is 1.86. The summed E-state index contributed by atoms with van der Waals surface area (Å²) < 4.78 is 0. The Kier molecular flexibility index (Phi) is 4.44. The molecule has 3 heteroatoms. The van der Waals surface area contributed by atoms with Crippen molar-refractivity contribution in [2.75, 3.05) is 0 Å². The number of hydrogen-bond donors (Lipinski definition) is 1. The molecule has 0 heterocycles. The molecule has 0 aliphatic carbocycles. The second kappa shape index (κ2) is 5.62. The summed E-state index contributed by atoms with van der Waals surface area (Å²) in [5.74, 6) is -1.41. The van der Waals surface area contributed by atoms with Crippen LogP contribution in [-0.4, -0.2) is 16.9 Å². The molecule has 92 valence electrons. The van der Waals surface area contributed by atoms with Crippen LogP contribution < -0.4 is 0 Å². The molecule has 17 heavy (non-hydrogen) atoms. The molecule has 0 amide bonds. The molecule has 0 aromatic heterocycles. The van der Waals surface area contributed by atoms with Crippen LogP contribution >= 0.6 is 0 Å². The lowest BCUT2D eigenvalue weighted by Gasteiger charge is -2.13. The smallest absolute Gasteiger partial charge is 0.304 e. The van der Waals surface area contributed by atoms with E-state index in [-0.39, 0.29) is 12.2 Å². The maximum Gasteiger partial charge on any atom is 0.304 e. The van der Waals surface area contributed by atoms with Gasteiger partial charge in [-0.1, -0.05) is 23.8 Å². The normalized spacial score (nSPS) is 12.2. The minimum atomic E-state index is -0.921. The van der Waals surface area contributed by atoms with Crippen LogP contribution in [0.1, 0.15) is 30.0 Å². The Balaban J connectivity index is 2.89. The van der Waals surface area contributed by atoms with Gasteiger partial charge in [0.15, 0.2) is 0 Å². The molecule has 0 aliphatic heterocycles. The van der Waals surface area contributed by atoms with Crippen molar-refractivity contribution >= 4 is 11.8 Å². The molecule has 1 aromatic rings. The number of aryl methyl sites for hydroxylation is 2. The fraction of sp³-hybridized carbons (Fsp3) is 0.429. The Hall–Kier alpha value is -1.64. The highest BCUT2D eigenvalue weighted by molar-refractivity contribution is 5.83. The topological polar surface area (TPSA) is 54.4 Å². The maximum absolute atomic E-state index is 11.4. The number of benzene rings is 1. The largest absolute Gasteiger partial charge is 0.481 e. The summed E-state index contributed by atoms with van der Waals surface area (Å²) in [5, 5.41) is 8.78. The summed E-state index contributed by atoms with van der Waals surface area (Å²) in [5.41, 5.74) is 3.29. The van der Waals surface area contributed by atoms with Gasteiger partial charge in [-0.05, 0) is 38.3 Å². The summed E-state index contributed by atoms with van der Waals surface area (Å²) in [4.78, 5) is 22.1. The zero-order chi connectivity index (χ0) is 13.0. The zero-order valence-corrected chi connectivity index (χ0v) is 10.5. The molecule has 1 atom stereocenters. The van der Waals surface area contributed by atoms with E-state index in [1.54, 1.807) is 0 Å². The van der Waals surface area contributed by atoms with Crippen LogP contribution in [0.4, 0.5) is 0 Å². The molecule has 3 nitrogen and oxygen atoms in total. The third-order valence-corrected chi connectivity index (χ3v) is 2.97. The van der Waals surface area contributed by atoms with E-state index in [2.05, 4.69) is 0 Å². The van der Waals surface area contributed by atoms with E-state index in [1.807, 2.05) is 32.0 Å². The van der Waals surface area contributed by atoms with Crippen molar-refractivity contribution in [3.05, 3.63) is 34.9 Å². The van der Waals surface area contributed by atoms with Gasteiger partial charge in [0, 0.05) is 5.92 Å². The maximum atomic E-state index is 11.4. The van der Waals surface area contributed by atoms with Gasteiger partial charge < -0.3 is 5.11 Å². The van der Waals surface area contributed by atoms with Crippen molar-refractivity contribution in [2.45, 2.75) is 33.6 Å². The third kappa shape index (κ3) is 4.02. The zero-order valence-electron chi connectivity index (χ0n) is 10.5. The van der Waals surface area contributed by atoms with Crippen LogP contribution in [0.25, 0.3) is 0 Å². The Bertz CT molecular complexity index is 435. The van der Waals surface area contributed by atoms with E-state index < -0.39 is 11.9 Å². The van der Waals surface area contributed by atoms with Gasteiger partial charge in [0.25, 0.3) is 0 Å². The lowest BCUT2D eigenvalue weighted by atomic mass is 9.90. The SMILES string of the molecule is CC(=O)C(CC(=O)O)Cc1cc(C)ccc1C. The average Bonchev–Trinajstić information content (AvgIpc) is 2.21. The molecule has 0 saturated heterocycles. The summed E-state index contributed by atoms with van der Waals surface area (Å²) in [7, 11) is 0. The highest BCUT2D eigenvalue weighted by Crippen LogP contribution is 2.18. The Morgan fingerprint density at radius 3 is 2.47 bits per heavy atom. The molecule has 0 bridgehead atoms. The summed E-state index contributed by atoms with van der Waals surface area (Å²) in [6.45, 7) is 5.42. The van der Waals surface area contributed by atoms with Gasteiger partial charge in [-0.15, -0.1) is 0 Å². The highest BCUT2D eigenvalue weighted by atomic mass is 16.4. The van der Waals surface area contributed by atoms with Crippen molar-refractivity contribution in [3.8, 4) is 0 Å². The molecule has 0 fully saturated rings. The summed E-state index contributed by atoms with van der Waals surface area (Å²) >= 11 is 0. The van der Waals surface area contributed by atoms with Gasteiger partial charge in [-0.2, -0.15) is 0 Å². The standard InChI is InChI=1S/C14H18O3/c1-9-4-5-10(2)12(6-9)7-13(11(3)15)8-14(16)17/h4-6,13H,7-8H2,1-3H3,(H,16,17). The first-order chi connectivity index (χ1) is 7.90. The predicted octanol–water partition coefficient (Wildman–Crippen LogP) is 2.53. The van der Waals surface area contributed by atoms with Gasteiger partial charge in [0.05, 0.1) is 6.42 Å².